The van der Waals surface area contributed by atoms with E-state index in [0.717, 1.165) is 17.7 Å². The minimum absolute atomic E-state index is 0.269. The molecule has 4 heteroatoms. The molecule has 0 aliphatic rings. The van der Waals surface area contributed by atoms with E-state index in [4.69, 9.17) is 4.42 Å². The molecule has 2 heterocycles. The minimum atomic E-state index is -0.269. The molecule has 2 rings (SSSR count). The highest BCUT2D eigenvalue weighted by Crippen LogP contribution is 2.15. The Kier molecular flexibility index (Phi) is 2.14. The van der Waals surface area contributed by atoms with Crippen LogP contribution in [0.5, 0.6) is 0 Å². The highest BCUT2D eigenvalue weighted by atomic mass is 32.1. The van der Waals surface area contributed by atoms with Crippen LogP contribution in [0.1, 0.15) is 19.2 Å². The maximum absolute atomic E-state index is 11.3. The van der Waals surface area contributed by atoms with Gasteiger partial charge in [0.05, 0.1) is 5.39 Å². The average molecular weight is 195 g/mol. The Labute approximate surface area is 79.0 Å². The number of aromatic nitrogens is 1. The number of hydrogen-bond donors (Lipinski definition) is 0. The molecular weight excluding hydrogens is 186 g/mol. The third-order valence-electron chi connectivity index (χ3n) is 1.77. The molecule has 0 aromatic carbocycles. The van der Waals surface area contributed by atoms with Gasteiger partial charge in [0.15, 0.2) is 5.89 Å². The quantitative estimate of drug-likeness (QED) is 0.737. The summed E-state index contributed by atoms with van der Waals surface area (Å²) >= 11 is 1.47. The summed E-state index contributed by atoms with van der Waals surface area (Å²) in [6.07, 6.45) is 1.66. The maximum atomic E-state index is 11.3. The third kappa shape index (κ3) is 1.49. The van der Waals surface area contributed by atoms with Gasteiger partial charge in [-0.25, -0.2) is 9.78 Å². The molecule has 0 atom stereocenters. The summed E-state index contributed by atoms with van der Waals surface area (Å²) in [4.78, 5) is 16.4. The highest BCUT2D eigenvalue weighted by molar-refractivity contribution is 7.16. The van der Waals surface area contributed by atoms with E-state index in [9.17, 15) is 4.79 Å². The first-order valence-corrected chi connectivity index (χ1v) is 5.06. The van der Waals surface area contributed by atoms with Crippen LogP contribution in [0.25, 0.3) is 10.2 Å². The van der Waals surface area contributed by atoms with Gasteiger partial charge >= 0.3 is 5.63 Å². The molecule has 2 aromatic heterocycles. The van der Waals surface area contributed by atoms with Crippen molar-refractivity contribution in [3.63, 3.8) is 0 Å². The topological polar surface area (TPSA) is 43.1 Å². The van der Waals surface area contributed by atoms with E-state index in [2.05, 4.69) is 4.98 Å². The standard InChI is InChI=1S/C9H9NO2S/c1-2-3-7-10-8-6(4-5-13-8)9(11)12-7/h4-5H,2-3H2,1H3. The SMILES string of the molecule is CCCc1nc2sccc2c(=O)o1. The Morgan fingerprint density at radius 2 is 2.46 bits per heavy atom. The van der Waals surface area contributed by atoms with Gasteiger partial charge in [0, 0.05) is 6.42 Å². The molecule has 68 valence electrons. The van der Waals surface area contributed by atoms with E-state index in [-0.39, 0.29) is 5.63 Å². The molecule has 0 unspecified atom stereocenters. The Morgan fingerprint density at radius 1 is 1.62 bits per heavy atom. The van der Waals surface area contributed by atoms with Gasteiger partial charge < -0.3 is 4.42 Å². The first-order chi connectivity index (χ1) is 6.31. The number of hydrogen-bond acceptors (Lipinski definition) is 4. The van der Waals surface area contributed by atoms with E-state index < -0.39 is 0 Å². The van der Waals surface area contributed by atoms with Crippen LogP contribution in [0.2, 0.25) is 0 Å². The van der Waals surface area contributed by atoms with Gasteiger partial charge in [-0.2, -0.15) is 0 Å². The smallest absolute Gasteiger partial charge is 0.347 e. The fourth-order valence-corrected chi connectivity index (χ4v) is 1.93. The zero-order valence-electron chi connectivity index (χ0n) is 7.24. The van der Waals surface area contributed by atoms with Crippen LogP contribution < -0.4 is 5.63 Å². The Hall–Kier alpha value is -1.16. The fourth-order valence-electron chi connectivity index (χ4n) is 1.16. The van der Waals surface area contributed by atoms with Crippen LogP contribution in [0.15, 0.2) is 20.7 Å². The van der Waals surface area contributed by atoms with Crippen LogP contribution in [0, 0.1) is 0 Å². The molecule has 0 amide bonds. The van der Waals surface area contributed by atoms with Gasteiger partial charge in [0.1, 0.15) is 4.83 Å². The predicted octanol–water partition coefficient (Wildman–Crippen LogP) is 2.20. The molecule has 13 heavy (non-hydrogen) atoms. The molecule has 0 aliphatic carbocycles. The summed E-state index contributed by atoms with van der Waals surface area (Å²) < 4.78 is 5.03. The third-order valence-corrected chi connectivity index (χ3v) is 2.57. The lowest BCUT2D eigenvalue weighted by molar-refractivity contribution is 0.442. The molecular formula is C9H9NO2S. The van der Waals surface area contributed by atoms with Gasteiger partial charge in [0.2, 0.25) is 0 Å². The Morgan fingerprint density at radius 3 is 3.23 bits per heavy atom. The van der Waals surface area contributed by atoms with Gasteiger partial charge in [-0.05, 0) is 17.9 Å². The predicted molar refractivity (Wildman–Crippen MR) is 52.2 cm³/mol. The van der Waals surface area contributed by atoms with Gasteiger partial charge in [-0.1, -0.05) is 6.92 Å². The van der Waals surface area contributed by atoms with Crippen molar-refractivity contribution in [2.45, 2.75) is 19.8 Å². The second kappa shape index (κ2) is 3.30. The van der Waals surface area contributed by atoms with Crippen molar-refractivity contribution in [1.29, 1.82) is 0 Å². The lowest BCUT2D eigenvalue weighted by Gasteiger charge is -1.94. The van der Waals surface area contributed by atoms with Crippen LogP contribution in [0.3, 0.4) is 0 Å². The lowest BCUT2D eigenvalue weighted by atomic mass is 10.3. The minimum Gasteiger partial charge on any atom is -0.408 e. The zero-order chi connectivity index (χ0) is 9.26. The van der Waals surface area contributed by atoms with Crippen molar-refractivity contribution in [1.82, 2.24) is 4.98 Å². The van der Waals surface area contributed by atoms with Crippen molar-refractivity contribution in [3.05, 3.63) is 27.8 Å². The van der Waals surface area contributed by atoms with E-state index in [0.29, 0.717) is 11.3 Å². The molecule has 2 aromatic rings. The van der Waals surface area contributed by atoms with Crippen molar-refractivity contribution in [2.24, 2.45) is 0 Å². The first kappa shape index (κ1) is 8.44. The number of aryl methyl sites for hydroxylation is 1. The molecule has 0 saturated carbocycles. The van der Waals surface area contributed by atoms with Crippen molar-refractivity contribution < 1.29 is 4.42 Å². The monoisotopic (exact) mass is 195 g/mol. The Balaban J connectivity index is 2.63. The Bertz CT molecular complexity index is 472. The maximum Gasteiger partial charge on any atom is 0.347 e. The van der Waals surface area contributed by atoms with E-state index in [1.807, 2.05) is 12.3 Å². The summed E-state index contributed by atoms with van der Waals surface area (Å²) in [6.45, 7) is 2.03. The van der Waals surface area contributed by atoms with E-state index >= 15 is 0 Å². The fraction of sp³-hybridized carbons (Fsp3) is 0.333. The first-order valence-electron chi connectivity index (χ1n) is 4.18. The molecule has 0 spiro atoms. The molecule has 0 fully saturated rings. The number of rotatable bonds is 2. The van der Waals surface area contributed by atoms with Crippen LogP contribution >= 0.6 is 11.3 Å². The second-order valence-electron chi connectivity index (χ2n) is 2.78. The van der Waals surface area contributed by atoms with Crippen molar-refractivity contribution >= 4 is 21.6 Å². The summed E-state index contributed by atoms with van der Waals surface area (Å²) in [5.41, 5.74) is -0.269. The van der Waals surface area contributed by atoms with Crippen LogP contribution in [-0.4, -0.2) is 4.98 Å². The molecule has 3 nitrogen and oxygen atoms in total. The lowest BCUT2D eigenvalue weighted by Crippen LogP contribution is -2.02. The van der Waals surface area contributed by atoms with E-state index in [1.54, 1.807) is 6.07 Å². The summed E-state index contributed by atoms with van der Waals surface area (Å²) in [6, 6.07) is 1.74. The molecule has 0 saturated heterocycles. The summed E-state index contributed by atoms with van der Waals surface area (Å²) in [5, 5.41) is 2.44. The van der Waals surface area contributed by atoms with Gasteiger partial charge in [0.25, 0.3) is 0 Å². The number of thiophene rings is 1. The molecule has 0 bridgehead atoms. The summed E-state index contributed by atoms with van der Waals surface area (Å²) in [7, 11) is 0. The molecule has 0 radical (unpaired) electrons. The highest BCUT2D eigenvalue weighted by Gasteiger charge is 2.05. The van der Waals surface area contributed by atoms with Crippen molar-refractivity contribution in [3.8, 4) is 0 Å². The normalized spacial score (nSPS) is 10.8. The number of nitrogens with zero attached hydrogens (tertiary/aromatic N) is 1. The molecule has 0 aliphatic heterocycles. The van der Waals surface area contributed by atoms with Gasteiger partial charge in [-0.15, -0.1) is 11.3 Å². The van der Waals surface area contributed by atoms with E-state index in [1.165, 1.54) is 11.3 Å². The average Bonchev–Trinajstić information content (AvgIpc) is 2.53. The van der Waals surface area contributed by atoms with Gasteiger partial charge in [-0.3, -0.25) is 0 Å². The largest absolute Gasteiger partial charge is 0.408 e. The van der Waals surface area contributed by atoms with Crippen LogP contribution in [-0.2, 0) is 6.42 Å². The van der Waals surface area contributed by atoms with Crippen molar-refractivity contribution in [2.75, 3.05) is 0 Å². The number of fused-ring (bicyclic) bond motifs is 1. The second-order valence-corrected chi connectivity index (χ2v) is 3.68. The molecule has 0 N–H and O–H groups in total. The van der Waals surface area contributed by atoms with Crippen LogP contribution in [0.4, 0.5) is 0 Å². The summed E-state index contributed by atoms with van der Waals surface area (Å²) in [5.74, 6) is 0.544. The zero-order valence-corrected chi connectivity index (χ0v) is 8.06.